The molecule has 0 saturated carbocycles. The molecule has 2 saturated heterocycles. The van der Waals surface area contributed by atoms with Crippen LogP contribution in [0.15, 0.2) is 42.5 Å². The molecule has 2 aromatic carbocycles. The van der Waals surface area contributed by atoms with Crippen LogP contribution >= 0.6 is 0 Å². The fourth-order valence-electron chi connectivity index (χ4n) is 6.63. The van der Waals surface area contributed by atoms with Gasteiger partial charge in [0.2, 0.25) is 18.7 Å². The molecule has 0 aromatic heterocycles. The van der Waals surface area contributed by atoms with Crippen LogP contribution in [-0.2, 0) is 20.8 Å². The Morgan fingerprint density at radius 1 is 1.05 bits per heavy atom. The molecule has 234 valence electrons. The van der Waals surface area contributed by atoms with Crippen molar-refractivity contribution in [1.29, 1.82) is 0 Å². The van der Waals surface area contributed by atoms with Crippen LogP contribution in [0.5, 0.6) is 5.75 Å². The van der Waals surface area contributed by atoms with Gasteiger partial charge in [0.15, 0.2) is 0 Å². The lowest BCUT2D eigenvalue weighted by molar-refractivity contribution is -0.139. The summed E-state index contributed by atoms with van der Waals surface area (Å²) >= 11 is 0. The van der Waals surface area contributed by atoms with Gasteiger partial charge in [-0.1, -0.05) is 31.5 Å². The summed E-state index contributed by atoms with van der Waals surface area (Å²) in [6.07, 6.45) is 7.41. The van der Waals surface area contributed by atoms with Crippen molar-refractivity contribution in [3.8, 4) is 5.75 Å². The number of imide groups is 1. The van der Waals surface area contributed by atoms with Crippen molar-refractivity contribution in [3.05, 3.63) is 53.6 Å². The topological polar surface area (TPSA) is 102 Å². The molecule has 9 nitrogen and oxygen atoms in total. The molecule has 1 atom stereocenters. The van der Waals surface area contributed by atoms with E-state index in [4.69, 9.17) is 14.3 Å². The Morgan fingerprint density at radius 3 is 2.35 bits per heavy atom. The van der Waals surface area contributed by atoms with E-state index < -0.39 is 5.60 Å². The Bertz CT molecular complexity index is 1220. The van der Waals surface area contributed by atoms with E-state index in [1.54, 1.807) is 5.32 Å². The number of hydrogen-bond donors (Lipinski definition) is 2. The number of benzene rings is 2. The first kappa shape index (κ1) is 32.3. The number of carbonyl (C=O) groups is 3. The number of nitrogens with zero attached hydrogens (tertiary/aromatic N) is 3. The molecular formula is C34H48N4O5. The minimum absolute atomic E-state index is 0.0797. The molecule has 2 N–H and O–H groups in total. The van der Waals surface area contributed by atoms with Crippen molar-refractivity contribution in [2.45, 2.75) is 89.9 Å². The first-order valence-electron chi connectivity index (χ1n) is 15.8. The summed E-state index contributed by atoms with van der Waals surface area (Å²) in [5.41, 5.74) is 4.43. The summed E-state index contributed by atoms with van der Waals surface area (Å²) in [4.78, 5) is 38.2. The van der Waals surface area contributed by atoms with Crippen LogP contribution in [0.25, 0.3) is 0 Å². The summed E-state index contributed by atoms with van der Waals surface area (Å²) in [5.74, 6) is 0.985. The third-order valence-electron chi connectivity index (χ3n) is 9.02. The Balaban J connectivity index is 0.000000782. The number of aryl methyl sites for hydroxylation is 1. The van der Waals surface area contributed by atoms with Crippen LogP contribution < -0.4 is 19.9 Å². The lowest BCUT2D eigenvalue weighted by Gasteiger charge is -2.41. The number of carbonyl (C=O) groups excluding carboxylic acids is 3. The standard InChI is InChI=1S/C32H45N3O3.C2H3NO2/c1-4-7-25(3)35-19-14-28-29(10-6-11-30(28)35)33-20-15-32(37,16-21-33)23-31(36)34-17-12-26(13-18-34)38-27-9-5-8-24(2)22-27;4-1-3-2-5/h5-6,8-11,22,25-26,37H,4,7,12-21,23H2,1-3H3;1-2H,(H,3,4,5). The van der Waals surface area contributed by atoms with Crippen LogP contribution in [0.4, 0.5) is 11.4 Å². The van der Waals surface area contributed by atoms with Gasteiger partial charge < -0.3 is 29.9 Å². The molecule has 3 aliphatic rings. The van der Waals surface area contributed by atoms with Gasteiger partial charge in [-0.05, 0) is 69.4 Å². The second-order valence-electron chi connectivity index (χ2n) is 12.2. The number of rotatable bonds is 10. The molecular weight excluding hydrogens is 544 g/mol. The van der Waals surface area contributed by atoms with Gasteiger partial charge in [0.25, 0.3) is 0 Å². The van der Waals surface area contributed by atoms with Gasteiger partial charge in [0.05, 0.1) is 12.0 Å². The molecule has 9 heteroatoms. The van der Waals surface area contributed by atoms with E-state index in [0.717, 1.165) is 44.6 Å². The number of aliphatic hydroxyl groups is 1. The van der Waals surface area contributed by atoms with Crippen LogP contribution in [0.1, 0.15) is 69.9 Å². The van der Waals surface area contributed by atoms with Gasteiger partial charge in [0, 0.05) is 68.5 Å². The zero-order valence-corrected chi connectivity index (χ0v) is 26.0. The number of nitrogens with one attached hydrogen (secondary N) is 1. The summed E-state index contributed by atoms with van der Waals surface area (Å²) in [7, 11) is 0. The Morgan fingerprint density at radius 2 is 1.72 bits per heavy atom. The molecule has 2 aromatic rings. The fourth-order valence-corrected chi connectivity index (χ4v) is 6.63. The zero-order valence-electron chi connectivity index (χ0n) is 26.0. The summed E-state index contributed by atoms with van der Waals surface area (Å²) in [5, 5.41) is 13.1. The second kappa shape index (κ2) is 15.2. The van der Waals surface area contributed by atoms with Crippen molar-refractivity contribution in [1.82, 2.24) is 10.2 Å². The van der Waals surface area contributed by atoms with Crippen LogP contribution in [-0.4, -0.2) is 79.2 Å². The molecule has 1 unspecified atom stereocenters. The first-order chi connectivity index (χ1) is 20.8. The highest BCUT2D eigenvalue weighted by atomic mass is 16.5. The molecule has 0 aliphatic carbocycles. The average Bonchev–Trinajstić information content (AvgIpc) is 3.44. The molecule has 3 heterocycles. The van der Waals surface area contributed by atoms with Gasteiger partial charge in [-0.25, -0.2) is 0 Å². The minimum Gasteiger partial charge on any atom is -0.490 e. The van der Waals surface area contributed by atoms with Gasteiger partial charge in [-0.3, -0.25) is 14.4 Å². The van der Waals surface area contributed by atoms with E-state index >= 15 is 0 Å². The van der Waals surface area contributed by atoms with E-state index in [9.17, 15) is 9.90 Å². The highest BCUT2D eigenvalue weighted by molar-refractivity contribution is 5.77. The maximum atomic E-state index is 13.1. The molecule has 3 aliphatic heterocycles. The fraction of sp³-hybridized carbons (Fsp3) is 0.559. The number of piperidine rings is 2. The molecule has 0 radical (unpaired) electrons. The summed E-state index contributed by atoms with van der Waals surface area (Å²) in [6.45, 7) is 10.7. The van der Waals surface area contributed by atoms with Crippen molar-refractivity contribution < 1.29 is 24.2 Å². The molecule has 43 heavy (non-hydrogen) atoms. The maximum absolute atomic E-state index is 13.1. The van der Waals surface area contributed by atoms with Crippen LogP contribution in [0.3, 0.4) is 0 Å². The Kier molecular flexibility index (Phi) is 11.4. The molecule has 0 spiro atoms. The molecule has 2 fully saturated rings. The van der Waals surface area contributed by atoms with E-state index in [1.165, 1.54) is 35.3 Å². The van der Waals surface area contributed by atoms with E-state index in [0.29, 0.717) is 44.8 Å². The van der Waals surface area contributed by atoms with E-state index in [1.807, 2.05) is 17.0 Å². The summed E-state index contributed by atoms with van der Waals surface area (Å²) < 4.78 is 6.16. The van der Waals surface area contributed by atoms with Crippen LogP contribution in [0.2, 0.25) is 0 Å². The normalized spacial score (nSPS) is 18.7. The largest absolute Gasteiger partial charge is 0.490 e. The van der Waals surface area contributed by atoms with E-state index in [-0.39, 0.29) is 18.4 Å². The van der Waals surface area contributed by atoms with Crippen molar-refractivity contribution in [3.63, 3.8) is 0 Å². The van der Waals surface area contributed by atoms with Gasteiger partial charge in [-0.15, -0.1) is 0 Å². The third-order valence-corrected chi connectivity index (χ3v) is 9.02. The van der Waals surface area contributed by atoms with Gasteiger partial charge in [0.1, 0.15) is 11.9 Å². The number of likely N-dealkylation sites (tertiary alicyclic amines) is 1. The quantitative estimate of drug-likeness (QED) is 0.398. The van der Waals surface area contributed by atoms with Crippen molar-refractivity contribution >= 4 is 30.1 Å². The van der Waals surface area contributed by atoms with Crippen LogP contribution in [0, 0.1) is 6.92 Å². The van der Waals surface area contributed by atoms with Crippen molar-refractivity contribution in [2.75, 3.05) is 42.5 Å². The molecule has 5 rings (SSSR count). The first-order valence-corrected chi connectivity index (χ1v) is 15.8. The lowest BCUT2D eigenvalue weighted by atomic mass is 9.87. The SMILES string of the molecule is CCCC(C)N1CCc2c(N3CCC(O)(CC(=O)N4CCC(Oc5cccc(C)c5)CC4)CC3)cccc21.O=CNC=O. The summed E-state index contributed by atoms with van der Waals surface area (Å²) in [6, 6.07) is 15.4. The van der Waals surface area contributed by atoms with Crippen molar-refractivity contribution in [2.24, 2.45) is 0 Å². The number of amides is 3. The van der Waals surface area contributed by atoms with Gasteiger partial charge >= 0.3 is 0 Å². The average molecular weight is 593 g/mol. The smallest absolute Gasteiger partial charge is 0.225 e. The molecule has 0 bridgehead atoms. The number of fused-ring (bicyclic) bond motifs is 1. The Hall–Kier alpha value is -3.59. The number of anilines is 2. The minimum atomic E-state index is -0.915. The Labute approximate surface area is 256 Å². The predicted molar refractivity (Wildman–Crippen MR) is 170 cm³/mol. The highest BCUT2D eigenvalue weighted by Gasteiger charge is 2.38. The number of ether oxygens (including phenoxy) is 1. The van der Waals surface area contributed by atoms with Gasteiger partial charge in [-0.2, -0.15) is 0 Å². The van der Waals surface area contributed by atoms with E-state index in [2.05, 4.69) is 60.9 Å². The second-order valence-corrected chi connectivity index (χ2v) is 12.2. The molecule has 3 amide bonds. The third kappa shape index (κ3) is 8.50. The predicted octanol–water partition coefficient (Wildman–Crippen LogP) is 4.23. The zero-order chi connectivity index (χ0) is 30.8. The number of hydrogen-bond acceptors (Lipinski definition) is 7. The monoisotopic (exact) mass is 592 g/mol. The lowest BCUT2D eigenvalue weighted by Crippen LogP contribution is -2.49. The maximum Gasteiger partial charge on any atom is 0.225 e. The highest BCUT2D eigenvalue weighted by Crippen LogP contribution is 2.39.